The zero-order valence-corrected chi connectivity index (χ0v) is 19.0. The lowest BCUT2D eigenvalue weighted by Gasteiger charge is -2.08. The van der Waals surface area contributed by atoms with Crippen LogP contribution in [0, 0.1) is 6.92 Å². The molecule has 32 heavy (non-hydrogen) atoms. The maximum Gasteiger partial charge on any atom is 0.261 e. The SMILES string of the molecule is Cc1ccc(-c2nc3ccc(Sc4ccccc4)nn3c2CNC(=O)c2cccs2)cc1. The fourth-order valence-corrected chi connectivity index (χ4v) is 4.82. The molecule has 3 aromatic heterocycles. The van der Waals surface area contributed by atoms with Crippen molar-refractivity contribution >= 4 is 34.7 Å². The van der Waals surface area contributed by atoms with E-state index in [-0.39, 0.29) is 5.91 Å². The number of nitrogens with zero attached hydrogens (tertiary/aromatic N) is 3. The van der Waals surface area contributed by atoms with Crippen molar-refractivity contribution in [1.82, 2.24) is 19.9 Å². The normalized spacial score (nSPS) is 11.0. The summed E-state index contributed by atoms with van der Waals surface area (Å²) in [5.41, 5.74) is 4.61. The zero-order valence-electron chi connectivity index (χ0n) is 17.4. The van der Waals surface area contributed by atoms with Gasteiger partial charge in [0.1, 0.15) is 5.03 Å². The van der Waals surface area contributed by atoms with Crippen LogP contribution in [0.5, 0.6) is 0 Å². The number of rotatable bonds is 6. The number of nitrogens with one attached hydrogen (secondary N) is 1. The molecular weight excluding hydrogens is 436 g/mol. The maximum atomic E-state index is 12.6. The van der Waals surface area contributed by atoms with Gasteiger partial charge in [-0.2, -0.15) is 5.10 Å². The van der Waals surface area contributed by atoms with Crippen LogP contribution in [0.1, 0.15) is 20.9 Å². The van der Waals surface area contributed by atoms with Gasteiger partial charge in [0, 0.05) is 10.5 Å². The molecule has 2 aromatic carbocycles. The number of fused-ring (bicyclic) bond motifs is 1. The number of hydrogen-bond donors (Lipinski definition) is 1. The number of carbonyl (C=O) groups is 1. The molecule has 0 aliphatic rings. The minimum absolute atomic E-state index is 0.0976. The monoisotopic (exact) mass is 456 g/mol. The number of thiophene rings is 1. The van der Waals surface area contributed by atoms with E-state index in [9.17, 15) is 4.79 Å². The predicted octanol–water partition coefficient (Wildman–Crippen LogP) is 5.85. The third kappa shape index (κ3) is 4.30. The number of benzene rings is 2. The van der Waals surface area contributed by atoms with Gasteiger partial charge in [-0.3, -0.25) is 4.79 Å². The van der Waals surface area contributed by atoms with E-state index < -0.39 is 0 Å². The molecule has 0 aliphatic heterocycles. The van der Waals surface area contributed by atoms with E-state index in [2.05, 4.69) is 48.6 Å². The van der Waals surface area contributed by atoms with Crippen LogP contribution in [0.2, 0.25) is 0 Å². The molecule has 7 heteroatoms. The Morgan fingerprint density at radius 3 is 2.56 bits per heavy atom. The Bertz CT molecular complexity index is 1360. The van der Waals surface area contributed by atoms with Gasteiger partial charge >= 0.3 is 0 Å². The molecule has 0 saturated heterocycles. The number of imidazole rings is 1. The Balaban J connectivity index is 1.54. The molecule has 0 radical (unpaired) electrons. The van der Waals surface area contributed by atoms with Crippen molar-refractivity contribution in [1.29, 1.82) is 0 Å². The van der Waals surface area contributed by atoms with Crippen molar-refractivity contribution < 1.29 is 4.79 Å². The Labute approximate surface area is 194 Å². The number of amides is 1. The van der Waals surface area contributed by atoms with Crippen LogP contribution in [0.4, 0.5) is 0 Å². The lowest BCUT2D eigenvalue weighted by Crippen LogP contribution is -2.23. The van der Waals surface area contributed by atoms with Gasteiger partial charge < -0.3 is 5.32 Å². The van der Waals surface area contributed by atoms with Crippen molar-refractivity contribution in [2.24, 2.45) is 0 Å². The molecule has 0 atom stereocenters. The van der Waals surface area contributed by atoms with E-state index in [1.165, 1.54) is 16.9 Å². The molecule has 0 spiro atoms. The summed E-state index contributed by atoms with van der Waals surface area (Å²) in [7, 11) is 0. The molecule has 1 amide bonds. The van der Waals surface area contributed by atoms with E-state index in [4.69, 9.17) is 10.1 Å². The van der Waals surface area contributed by atoms with Crippen molar-refractivity contribution in [3.05, 3.63) is 100 Å². The van der Waals surface area contributed by atoms with Gasteiger partial charge in [-0.25, -0.2) is 9.50 Å². The Morgan fingerprint density at radius 2 is 1.81 bits per heavy atom. The summed E-state index contributed by atoms with van der Waals surface area (Å²) in [6.45, 7) is 2.39. The molecule has 0 aliphatic carbocycles. The van der Waals surface area contributed by atoms with Crippen molar-refractivity contribution in [2.45, 2.75) is 23.4 Å². The van der Waals surface area contributed by atoms with Crippen LogP contribution in [-0.4, -0.2) is 20.5 Å². The van der Waals surface area contributed by atoms with Crippen LogP contribution >= 0.6 is 23.1 Å². The first-order valence-corrected chi connectivity index (χ1v) is 11.9. The number of hydrogen-bond acceptors (Lipinski definition) is 5. The number of carbonyl (C=O) groups excluding carboxylic acids is 1. The first-order valence-electron chi connectivity index (χ1n) is 10.2. The fraction of sp³-hybridized carbons (Fsp3) is 0.0800. The lowest BCUT2D eigenvalue weighted by atomic mass is 10.1. The standard InChI is InChI=1S/C25H20N4OS2/c1-17-9-11-18(12-10-17)24-20(16-26-25(30)21-8-5-15-31-21)29-22(27-24)13-14-23(28-29)32-19-6-3-2-4-7-19/h2-15H,16H2,1H3,(H,26,30). The van der Waals surface area contributed by atoms with E-state index in [0.29, 0.717) is 11.4 Å². The van der Waals surface area contributed by atoms with Crippen molar-refractivity contribution in [3.8, 4) is 11.3 Å². The molecule has 5 aromatic rings. The molecular formula is C25H20N4OS2. The van der Waals surface area contributed by atoms with Crippen LogP contribution in [-0.2, 0) is 6.54 Å². The smallest absolute Gasteiger partial charge is 0.261 e. The third-order valence-electron chi connectivity index (χ3n) is 5.00. The summed E-state index contributed by atoms with van der Waals surface area (Å²) in [6, 6.07) is 26.0. The summed E-state index contributed by atoms with van der Waals surface area (Å²) in [4.78, 5) is 19.2. The van der Waals surface area contributed by atoms with Gasteiger partial charge in [0.2, 0.25) is 0 Å². The number of aryl methyl sites for hydroxylation is 1. The van der Waals surface area contributed by atoms with Crippen LogP contribution in [0.15, 0.2) is 94.2 Å². The van der Waals surface area contributed by atoms with E-state index in [1.807, 2.05) is 52.4 Å². The maximum absolute atomic E-state index is 12.6. The topological polar surface area (TPSA) is 59.3 Å². The first kappa shape index (κ1) is 20.5. The van der Waals surface area contributed by atoms with Gasteiger partial charge in [-0.15, -0.1) is 11.3 Å². The summed E-state index contributed by atoms with van der Waals surface area (Å²) < 4.78 is 1.84. The molecule has 5 rings (SSSR count). The van der Waals surface area contributed by atoms with Gasteiger partial charge in [0.05, 0.1) is 22.8 Å². The Hall–Kier alpha value is -3.42. The largest absolute Gasteiger partial charge is 0.346 e. The predicted molar refractivity (Wildman–Crippen MR) is 129 cm³/mol. The quantitative estimate of drug-likeness (QED) is 0.348. The van der Waals surface area contributed by atoms with Crippen molar-refractivity contribution in [3.63, 3.8) is 0 Å². The van der Waals surface area contributed by atoms with Gasteiger partial charge in [-0.05, 0) is 42.6 Å². The zero-order chi connectivity index (χ0) is 21.9. The van der Waals surface area contributed by atoms with E-state index in [0.717, 1.165) is 32.5 Å². The van der Waals surface area contributed by atoms with Crippen LogP contribution in [0.3, 0.4) is 0 Å². The molecule has 0 fully saturated rings. The van der Waals surface area contributed by atoms with Gasteiger partial charge in [0.15, 0.2) is 5.65 Å². The van der Waals surface area contributed by atoms with Crippen molar-refractivity contribution in [2.75, 3.05) is 0 Å². The van der Waals surface area contributed by atoms with Gasteiger partial charge in [-0.1, -0.05) is 65.9 Å². The Morgan fingerprint density at radius 1 is 1.00 bits per heavy atom. The lowest BCUT2D eigenvalue weighted by molar-refractivity contribution is 0.0954. The molecule has 1 N–H and O–H groups in total. The van der Waals surface area contributed by atoms with E-state index in [1.54, 1.807) is 11.8 Å². The minimum Gasteiger partial charge on any atom is -0.346 e. The second-order valence-electron chi connectivity index (χ2n) is 7.29. The highest BCUT2D eigenvalue weighted by molar-refractivity contribution is 7.99. The summed E-state index contributed by atoms with van der Waals surface area (Å²) >= 11 is 3.02. The highest BCUT2D eigenvalue weighted by Gasteiger charge is 2.17. The fourth-order valence-electron chi connectivity index (χ4n) is 3.39. The molecule has 3 heterocycles. The second-order valence-corrected chi connectivity index (χ2v) is 9.33. The molecule has 158 valence electrons. The average molecular weight is 457 g/mol. The third-order valence-corrected chi connectivity index (χ3v) is 6.80. The highest BCUT2D eigenvalue weighted by Crippen LogP contribution is 2.29. The minimum atomic E-state index is -0.0976. The van der Waals surface area contributed by atoms with E-state index >= 15 is 0 Å². The summed E-state index contributed by atoms with van der Waals surface area (Å²) in [5.74, 6) is -0.0976. The molecule has 0 saturated carbocycles. The highest BCUT2D eigenvalue weighted by atomic mass is 32.2. The summed E-state index contributed by atoms with van der Waals surface area (Å²) in [5, 5.41) is 10.6. The first-order chi connectivity index (χ1) is 15.7. The molecule has 0 bridgehead atoms. The molecule has 0 unspecified atom stereocenters. The number of aromatic nitrogens is 3. The van der Waals surface area contributed by atoms with Gasteiger partial charge in [0.25, 0.3) is 5.91 Å². The van der Waals surface area contributed by atoms with Crippen LogP contribution in [0.25, 0.3) is 16.9 Å². The average Bonchev–Trinajstić information content (AvgIpc) is 3.47. The molecule has 5 nitrogen and oxygen atoms in total. The van der Waals surface area contributed by atoms with Crippen LogP contribution < -0.4 is 5.32 Å². The second kappa shape index (κ2) is 8.98. The Kier molecular flexibility index (Phi) is 5.75. The summed E-state index contributed by atoms with van der Waals surface area (Å²) in [6.07, 6.45) is 0.